The number of rotatable bonds is 7. The van der Waals surface area contributed by atoms with E-state index in [2.05, 4.69) is 92.5 Å². The summed E-state index contributed by atoms with van der Waals surface area (Å²) in [7, 11) is 8.00. The maximum absolute atomic E-state index is 6.01. The number of benzene rings is 3. The van der Waals surface area contributed by atoms with Gasteiger partial charge < -0.3 is 19.3 Å². The van der Waals surface area contributed by atoms with Gasteiger partial charge in [0.2, 0.25) is 0 Å². The number of methoxy groups -OCH3 is 1. The lowest BCUT2D eigenvalue weighted by atomic mass is 9.90. The fourth-order valence-electron chi connectivity index (χ4n) is 4.21. The van der Waals surface area contributed by atoms with Gasteiger partial charge in [-0.1, -0.05) is 43.3 Å². The second-order valence-corrected chi connectivity index (χ2v) is 8.37. The maximum atomic E-state index is 6.01. The zero-order chi connectivity index (χ0) is 22.7. The average molecular weight is 429 g/mol. The number of hydrogen-bond donors (Lipinski definition) is 0. The molecule has 0 fully saturated rings. The fourth-order valence-corrected chi connectivity index (χ4v) is 4.21. The summed E-state index contributed by atoms with van der Waals surface area (Å²) in [5.74, 6) is 1.78. The van der Waals surface area contributed by atoms with Gasteiger partial charge in [-0.05, 0) is 53.4 Å². The van der Waals surface area contributed by atoms with E-state index in [1.165, 1.54) is 22.4 Å². The minimum atomic E-state index is 0.710. The van der Waals surface area contributed by atoms with Crippen molar-refractivity contribution in [3.63, 3.8) is 0 Å². The number of nitrogens with zero attached hydrogens (tertiary/aromatic N) is 2. The van der Waals surface area contributed by atoms with Gasteiger partial charge in [0.05, 0.1) is 19.4 Å². The molecule has 0 aliphatic carbocycles. The second-order valence-electron chi connectivity index (χ2n) is 8.37. The summed E-state index contributed by atoms with van der Waals surface area (Å²) in [6.07, 6.45) is 5.41. The van der Waals surface area contributed by atoms with Crippen molar-refractivity contribution in [2.45, 2.75) is 13.3 Å². The molecule has 0 bridgehead atoms. The SMILES string of the molecule is CCCOc1cccc(-c2cc(-c3ccc(N(C)C)cc3)c3c(c2OC)N(C)CC=C3)c1. The van der Waals surface area contributed by atoms with Crippen LogP contribution in [0.1, 0.15) is 18.9 Å². The molecular weight excluding hydrogens is 396 g/mol. The first-order valence-corrected chi connectivity index (χ1v) is 11.2. The standard InChI is InChI=1S/C28H32N2O2/c1-6-17-32-23-10-7-9-21(18-23)26-19-25(20-12-14-22(15-13-20)29(2)3)24-11-8-16-30(4)27(24)28(26)31-5/h7-15,18-19H,6,16-17H2,1-5H3. The van der Waals surface area contributed by atoms with Crippen molar-refractivity contribution in [2.24, 2.45) is 0 Å². The van der Waals surface area contributed by atoms with Crippen LogP contribution in [-0.4, -0.2) is 41.4 Å². The Morgan fingerprint density at radius 3 is 2.44 bits per heavy atom. The molecule has 1 heterocycles. The van der Waals surface area contributed by atoms with Crippen LogP contribution in [0.25, 0.3) is 28.3 Å². The Hall–Kier alpha value is -3.40. The first kappa shape index (κ1) is 21.8. The summed E-state index contributed by atoms with van der Waals surface area (Å²) in [6.45, 7) is 3.68. The number of anilines is 2. The molecule has 0 saturated heterocycles. The molecule has 3 aromatic rings. The topological polar surface area (TPSA) is 24.9 Å². The van der Waals surface area contributed by atoms with Crippen molar-refractivity contribution in [2.75, 3.05) is 51.2 Å². The first-order chi connectivity index (χ1) is 15.5. The van der Waals surface area contributed by atoms with Crippen LogP contribution < -0.4 is 19.3 Å². The van der Waals surface area contributed by atoms with Crippen molar-refractivity contribution in [3.8, 4) is 33.8 Å². The van der Waals surface area contributed by atoms with Crippen LogP contribution in [0.4, 0.5) is 11.4 Å². The molecule has 1 aliphatic rings. The van der Waals surface area contributed by atoms with E-state index in [1.54, 1.807) is 7.11 Å². The lowest BCUT2D eigenvalue weighted by Gasteiger charge is -2.29. The molecule has 0 unspecified atom stereocenters. The lowest BCUT2D eigenvalue weighted by molar-refractivity contribution is 0.317. The van der Waals surface area contributed by atoms with Gasteiger partial charge in [-0.2, -0.15) is 0 Å². The molecule has 0 atom stereocenters. The van der Waals surface area contributed by atoms with E-state index in [4.69, 9.17) is 9.47 Å². The Labute approximate surface area is 191 Å². The van der Waals surface area contributed by atoms with Crippen molar-refractivity contribution < 1.29 is 9.47 Å². The van der Waals surface area contributed by atoms with Gasteiger partial charge in [-0.15, -0.1) is 0 Å². The van der Waals surface area contributed by atoms with Crippen molar-refractivity contribution in [1.82, 2.24) is 0 Å². The van der Waals surface area contributed by atoms with Crippen LogP contribution in [-0.2, 0) is 0 Å². The molecule has 32 heavy (non-hydrogen) atoms. The predicted molar refractivity (Wildman–Crippen MR) is 136 cm³/mol. The van der Waals surface area contributed by atoms with Gasteiger partial charge in [-0.3, -0.25) is 0 Å². The molecule has 4 heteroatoms. The monoisotopic (exact) mass is 428 g/mol. The largest absolute Gasteiger partial charge is 0.494 e. The van der Waals surface area contributed by atoms with Gasteiger partial charge in [0, 0.05) is 44.5 Å². The number of fused-ring (bicyclic) bond motifs is 1. The summed E-state index contributed by atoms with van der Waals surface area (Å²) in [5, 5.41) is 0. The molecule has 3 aromatic carbocycles. The van der Waals surface area contributed by atoms with E-state index in [-0.39, 0.29) is 0 Å². The van der Waals surface area contributed by atoms with E-state index in [0.29, 0.717) is 6.61 Å². The van der Waals surface area contributed by atoms with Crippen molar-refractivity contribution >= 4 is 17.5 Å². The maximum Gasteiger partial charge on any atom is 0.150 e. The van der Waals surface area contributed by atoms with Crippen LogP contribution in [0.2, 0.25) is 0 Å². The minimum absolute atomic E-state index is 0.710. The highest BCUT2D eigenvalue weighted by molar-refractivity contribution is 5.95. The lowest BCUT2D eigenvalue weighted by Crippen LogP contribution is -2.21. The third kappa shape index (κ3) is 4.18. The van der Waals surface area contributed by atoms with E-state index >= 15 is 0 Å². The van der Waals surface area contributed by atoms with Gasteiger partial charge >= 0.3 is 0 Å². The second kappa shape index (κ2) is 9.39. The molecule has 0 spiro atoms. The van der Waals surface area contributed by atoms with Gasteiger partial charge in [-0.25, -0.2) is 0 Å². The van der Waals surface area contributed by atoms with E-state index < -0.39 is 0 Å². The predicted octanol–water partition coefficient (Wildman–Crippen LogP) is 6.35. The first-order valence-electron chi connectivity index (χ1n) is 11.2. The van der Waals surface area contributed by atoms with Gasteiger partial charge in [0.15, 0.2) is 5.75 Å². The zero-order valence-electron chi connectivity index (χ0n) is 19.7. The highest BCUT2D eigenvalue weighted by Crippen LogP contribution is 2.47. The molecule has 1 aliphatic heterocycles. The molecule has 0 amide bonds. The summed E-state index contributed by atoms with van der Waals surface area (Å²) in [6, 6.07) is 19.3. The van der Waals surface area contributed by atoms with Crippen LogP contribution in [0.5, 0.6) is 11.5 Å². The molecular formula is C28H32N2O2. The van der Waals surface area contributed by atoms with Gasteiger partial charge in [0.1, 0.15) is 5.75 Å². The Bertz CT molecular complexity index is 1120. The third-order valence-corrected chi connectivity index (χ3v) is 5.86. The van der Waals surface area contributed by atoms with Gasteiger partial charge in [0.25, 0.3) is 0 Å². The van der Waals surface area contributed by atoms with Crippen LogP contribution in [0.15, 0.2) is 60.7 Å². The summed E-state index contributed by atoms with van der Waals surface area (Å²) < 4.78 is 11.9. The Morgan fingerprint density at radius 1 is 0.969 bits per heavy atom. The van der Waals surface area contributed by atoms with Crippen molar-refractivity contribution in [3.05, 3.63) is 66.2 Å². The normalized spacial score (nSPS) is 12.5. The quantitative estimate of drug-likeness (QED) is 0.438. The molecule has 166 valence electrons. The van der Waals surface area contributed by atoms with Crippen molar-refractivity contribution in [1.29, 1.82) is 0 Å². The highest BCUT2D eigenvalue weighted by Gasteiger charge is 2.24. The third-order valence-electron chi connectivity index (χ3n) is 5.86. The van der Waals surface area contributed by atoms with Crippen LogP contribution in [0.3, 0.4) is 0 Å². The Balaban J connectivity index is 1.92. The number of hydrogen-bond acceptors (Lipinski definition) is 4. The zero-order valence-corrected chi connectivity index (χ0v) is 19.7. The summed E-state index contributed by atoms with van der Waals surface area (Å²) >= 11 is 0. The van der Waals surface area contributed by atoms with Crippen LogP contribution >= 0.6 is 0 Å². The minimum Gasteiger partial charge on any atom is -0.494 e. The molecule has 0 saturated carbocycles. The van der Waals surface area contributed by atoms with E-state index in [9.17, 15) is 0 Å². The average Bonchev–Trinajstić information content (AvgIpc) is 2.82. The number of ether oxygens (including phenoxy) is 2. The Morgan fingerprint density at radius 2 is 1.75 bits per heavy atom. The fraction of sp³-hybridized carbons (Fsp3) is 0.286. The van der Waals surface area contributed by atoms with E-state index in [1.807, 2.05) is 12.1 Å². The van der Waals surface area contributed by atoms with E-state index in [0.717, 1.165) is 41.3 Å². The molecule has 0 N–H and O–H groups in total. The highest BCUT2D eigenvalue weighted by atomic mass is 16.5. The summed E-state index contributed by atoms with van der Waals surface area (Å²) in [4.78, 5) is 4.38. The smallest absolute Gasteiger partial charge is 0.150 e. The van der Waals surface area contributed by atoms with Crippen LogP contribution in [0, 0.1) is 0 Å². The Kier molecular flexibility index (Phi) is 6.40. The molecule has 4 nitrogen and oxygen atoms in total. The molecule has 4 rings (SSSR count). The number of likely N-dealkylation sites (N-methyl/N-ethyl adjacent to an activating group) is 1. The summed E-state index contributed by atoms with van der Waals surface area (Å²) in [5.41, 5.74) is 8.05. The molecule has 0 radical (unpaired) electrons. The molecule has 0 aromatic heterocycles.